The van der Waals surface area contributed by atoms with E-state index in [1.165, 1.54) is 0 Å². The van der Waals surface area contributed by atoms with Crippen molar-refractivity contribution in [3.63, 3.8) is 0 Å². The maximum Gasteiger partial charge on any atom is 0.324 e. The lowest BCUT2D eigenvalue weighted by Gasteiger charge is -2.24. The molecule has 3 rings (SSSR count). The van der Waals surface area contributed by atoms with Crippen molar-refractivity contribution < 1.29 is 19.1 Å². The zero-order valence-corrected chi connectivity index (χ0v) is 15.5. The molecule has 4 heteroatoms. The molecule has 0 spiro atoms. The van der Waals surface area contributed by atoms with Gasteiger partial charge in [-0.3, -0.25) is 9.59 Å². The van der Waals surface area contributed by atoms with Crippen molar-refractivity contribution in [1.29, 1.82) is 0 Å². The molecule has 136 valence electrons. The van der Waals surface area contributed by atoms with E-state index in [0.717, 1.165) is 27.8 Å². The average Bonchev–Trinajstić information content (AvgIpc) is 3.04. The largest absolute Gasteiger partial charge is 0.465 e. The van der Waals surface area contributed by atoms with Gasteiger partial charge in [0, 0.05) is 6.42 Å². The van der Waals surface area contributed by atoms with Gasteiger partial charge >= 0.3 is 11.9 Å². The van der Waals surface area contributed by atoms with Crippen molar-refractivity contribution in [2.75, 3.05) is 13.2 Å². The topological polar surface area (TPSA) is 52.6 Å². The fourth-order valence-electron chi connectivity index (χ4n) is 3.70. The van der Waals surface area contributed by atoms with Gasteiger partial charge in [-0.15, -0.1) is 0 Å². The fraction of sp³-hybridized carbons (Fsp3) is 0.364. The highest BCUT2D eigenvalue weighted by Gasteiger charge is 2.53. The molecule has 1 aliphatic carbocycles. The van der Waals surface area contributed by atoms with Crippen LogP contribution in [-0.2, 0) is 31.9 Å². The van der Waals surface area contributed by atoms with Crippen molar-refractivity contribution in [2.24, 2.45) is 5.41 Å². The maximum absolute atomic E-state index is 12.7. The summed E-state index contributed by atoms with van der Waals surface area (Å²) in [6.07, 6.45) is 0.655. The van der Waals surface area contributed by atoms with Crippen LogP contribution in [0.15, 0.2) is 42.5 Å². The highest BCUT2D eigenvalue weighted by molar-refractivity contribution is 6.01. The van der Waals surface area contributed by atoms with Crippen LogP contribution >= 0.6 is 0 Å². The van der Waals surface area contributed by atoms with Crippen LogP contribution < -0.4 is 0 Å². The molecule has 0 unspecified atom stereocenters. The molecule has 0 amide bonds. The van der Waals surface area contributed by atoms with E-state index in [0.29, 0.717) is 12.8 Å². The van der Waals surface area contributed by atoms with E-state index in [2.05, 4.69) is 24.3 Å². The predicted octanol–water partition coefficient (Wildman–Crippen LogP) is 3.87. The van der Waals surface area contributed by atoms with Crippen LogP contribution in [0, 0.1) is 12.3 Å². The molecule has 2 aromatic rings. The first-order valence-electron chi connectivity index (χ1n) is 9.04. The first-order chi connectivity index (χ1) is 12.5. The molecule has 0 aromatic heterocycles. The predicted molar refractivity (Wildman–Crippen MR) is 99.7 cm³/mol. The van der Waals surface area contributed by atoms with E-state index < -0.39 is 17.4 Å². The summed E-state index contributed by atoms with van der Waals surface area (Å²) in [4.78, 5) is 25.4. The molecule has 0 fully saturated rings. The molecule has 4 nitrogen and oxygen atoms in total. The number of esters is 2. The second-order valence-corrected chi connectivity index (χ2v) is 6.67. The Balaban J connectivity index is 2.03. The first kappa shape index (κ1) is 18.2. The Morgan fingerprint density at radius 3 is 2.12 bits per heavy atom. The summed E-state index contributed by atoms with van der Waals surface area (Å²) < 4.78 is 10.5. The molecule has 0 saturated carbocycles. The van der Waals surface area contributed by atoms with Gasteiger partial charge in [0.2, 0.25) is 0 Å². The van der Waals surface area contributed by atoms with Crippen molar-refractivity contribution in [2.45, 2.75) is 33.6 Å². The lowest BCUT2D eigenvalue weighted by Crippen LogP contribution is -2.43. The summed E-state index contributed by atoms with van der Waals surface area (Å²) in [6, 6.07) is 14.3. The van der Waals surface area contributed by atoms with Crippen LogP contribution in [-0.4, -0.2) is 25.2 Å². The lowest BCUT2D eigenvalue weighted by molar-refractivity contribution is -0.171. The highest BCUT2D eigenvalue weighted by Crippen LogP contribution is 2.42. The number of aryl methyl sites for hydroxylation is 1. The van der Waals surface area contributed by atoms with E-state index in [1.54, 1.807) is 13.8 Å². The minimum absolute atomic E-state index is 0.241. The Labute approximate surface area is 154 Å². The number of fused-ring (bicyclic) bond motifs is 1. The van der Waals surface area contributed by atoms with Gasteiger partial charge in [0.05, 0.1) is 13.2 Å². The molecule has 0 radical (unpaired) electrons. The molecular weight excluding hydrogens is 328 g/mol. The zero-order valence-electron chi connectivity index (χ0n) is 15.5. The van der Waals surface area contributed by atoms with E-state index >= 15 is 0 Å². The summed E-state index contributed by atoms with van der Waals surface area (Å²) in [5.41, 5.74) is 4.08. The average molecular weight is 352 g/mol. The van der Waals surface area contributed by atoms with Crippen LogP contribution in [0.3, 0.4) is 0 Å². The number of carbonyl (C=O) groups is 2. The number of ether oxygens (including phenoxy) is 2. The molecule has 0 aliphatic heterocycles. The summed E-state index contributed by atoms with van der Waals surface area (Å²) in [5, 5.41) is 0. The van der Waals surface area contributed by atoms with Crippen molar-refractivity contribution in [3.05, 3.63) is 59.2 Å². The molecule has 0 atom stereocenters. The van der Waals surface area contributed by atoms with Crippen LogP contribution in [0.4, 0.5) is 0 Å². The summed E-state index contributed by atoms with van der Waals surface area (Å²) in [6.45, 7) is 6.00. The summed E-state index contributed by atoms with van der Waals surface area (Å²) >= 11 is 0. The van der Waals surface area contributed by atoms with E-state index in [-0.39, 0.29) is 13.2 Å². The molecular formula is C22H24O4. The maximum atomic E-state index is 12.7. The third-order valence-electron chi connectivity index (χ3n) is 4.98. The number of rotatable bonds is 5. The molecule has 0 heterocycles. The molecule has 26 heavy (non-hydrogen) atoms. The van der Waals surface area contributed by atoms with Crippen molar-refractivity contribution in [3.8, 4) is 11.1 Å². The van der Waals surface area contributed by atoms with E-state index in [1.807, 2.05) is 25.1 Å². The van der Waals surface area contributed by atoms with E-state index in [9.17, 15) is 9.59 Å². The monoisotopic (exact) mass is 352 g/mol. The Kier molecular flexibility index (Phi) is 5.12. The number of hydrogen-bond acceptors (Lipinski definition) is 4. The quantitative estimate of drug-likeness (QED) is 0.605. The zero-order chi connectivity index (χ0) is 18.7. The first-order valence-corrected chi connectivity index (χ1v) is 9.04. The third-order valence-corrected chi connectivity index (χ3v) is 4.98. The number of hydrogen-bond donors (Lipinski definition) is 0. The minimum atomic E-state index is -1.27. The highest BCUT2D eigenvalue weighted by atomic mass is 16.6. The molecule has 0 bridgehead atoms. The Morgan fingerprint density at radius 2 is 1.54 bits per heavy atom. The van der Waals surface area contributed by atoms with Gasteiger partial charge in [-0.2, -0.15) is 0 Å². The van der Waals surface area contributed by atoms with Crippen molar-refractivity contribution in [1.82, 2.24) is 0 Å². The van der Waals surface area contributed by atoms with Crippen LogP contribution in [0.2, 0.25) is 0 Å². The fourth-order valence-corrected chi connectivity index (χ4v) is 3.70. The Morgan fingerprint density at radius 1 is 0.923 bits per heavy atom. The Bertz CT molecular complexity index is 806. The second kappa shape index (κ2) is 7.32. The van der Waals surface area contributed by atoms with Crippen LogP contribution in [0.5, 0.6) is 0 Å². The lowest BCUT2D eigenvalue weighted by atomic mass is 9.84. The van der Waals surface area contributed by atoms with Gasteiger partial charge < -0.3 is 9.47 Å². The third kappa shape index (κ3) is 3.12. The SMILES string of the molecule is CCOC(=O)C1(C(=O)OCC)Cc2cc(-c3ccccc3)cc(C)c2C1. The minimum Gasteiger partial charge on any atom is -0.465 e. The van der Waals surface area contributed by atoms with Gasteiger partial charge in [0.15, 0.2) is 5.41 Å². The smallest absolute Gasteiger partial charge is 0.324 e. The van der Waals surface area contributed by atoms with E-state index in [4.69, 9.17) is 9.47 Å². The van der Waals surface area contributed by atoms with Gasteiger partial charge in [0.25, 0.3) is 0 Å². The molecule has 1 aliphatic rings. The van der Waals surface area contributed by atoms with Gasteiger partial charge in [-0.05, 0) is 55.0 Å². The molecule has 2 aromatic carbocycles. The standard InChI is InChI=1S/C22H24O4/c1-4-25-20(23)22(21(24)26-5-2)13-18-12-17(11-15(3)19(18)14-22)16-9-7-6-8-10-16/h6-12H,4-5,13-14H2,1-3H3. The van der Waals surface area contributed by atoms with Gasteiger partial charge in [-0.1, -0.05) is 42.5 Å². The van der Waals surface area contributed by atoms with Crippen LogP contribution in [0.25, 0.3) is 11.1 Å². The van der Waals surface area contributed by atoms with Crippen LogP contribution in [0.1, 0.15) is 30.5 Å². The van der Waals surface area contributed by atoms with Gasteiger partial charge in [-0.25, -0.2) is 0 Å². The summed E-state index contributed by atoms with van der Waals surface area (Å²) in [5.74, 6) is -0.981. The molecule has 0 N–H and O–H groups in total. The normalized spacial score (nSPS) is 14.6. The molecule has 0 saturated heterocycles. The Hall–Kier alpha value is -2.62. The van der Waals surface area contributed by atoms with Crippen molar-refractivity contribution >= 4 is 11.9 Å². The number of benzene rings is 2. The van der Waals surface area contributed by atoms with Gasteiger partial charge in [0.1, 0.15) is 0 Å². The second-order valence-electron chi connectivity index (χ2n) is 6.67. The number of carbonyl (C=O) groups excluding carboxylic acids is 2. The summed E-state index contributed by atoms with van der Waals surface area (Å²) in [7, 11) is 0.